The van der Waals surface area contributed by atoms with E-state index < -0.39 is 0 Å². The van der Waals surface area contributed by atoms with Crippen LogP contribution >= 0.6 is 0 Å². The molecule has 2 amide bonds. The minimum Gasteiger partial charge on any atom is -0.368 e. The van der Waals surface area contributed by atoms with Gasteiger partial charge in [-0.15, -0.1) is 0 Å². The van der Waals surface area contributed by atoms with E-state index in [4.69, 9.17) is 5.73 Å². The average molecular weight is 398 g/mol. The van der Waals surface area contributed by atoms with E-state index in [9.17, 15) is 9.59 Å². The fraction of sp³-hybridized carbons (Fsp3) is 0.667. The van der Waals surface area contributed by atoms with Crippen LogP contribution < -0.4 is 10.6 Å². The van der Waals surface area contributed by atoms with Crippen molar-refractivity contribution in [3.63, 3.8) is 0 Å². The lowest BCUT2D eigenvalue weighted by atomic mass is 9.76. The first kappa shape index (κ1) is 20.4. The van der Waals surface area contributed by atoms with Gasteiger partial charge in [-0.2, -0.15) is 0 Å². The number of rotatable bonds is 8. The standard InChI is InChI=1S/C24H35N3O2/c1-2-3-4-5-21(22(25)28)26-15-12-24(13-16-26)14-17-27(23(24)29)20-10-8-19(9-11-20)18-6-7-18/h8-11,18,21H,2-7,12-17H2,1H3,(H2,25,28). The van der Waals surface area contributed by atoms with Crippen molar-refractivity contribution in [1.82, 2.24) is 4.90 Å². The molecule has 0 radical (unpaired) electrons. The van der Waals surface area contributed by atoms with Crippen LogP contribution in [0.5, 0.6) is 0 Å². The van der Waals surface area contributed by atoms with Crippen molar-refractivity contribution in [1.29, 1.82) is 0 Å². The number of unbranched alkanes of at least 4 members (excludes halogenated alkanes) is 2. The smallest absolute Gasteiger partial charge is 0.234 e. The van der Waals surface area contributed by atoms with Crippen LogP contribution in [0.3, 0.4) is 0 Å². The Hall–Kier alpha value is -1.88. The highest BCUT2D eigenvalue weighted by molar-refractivity contribution is 6.00. The van der Waals surface area contributed by atoms with Crippen molar-refractivity contribution in [2.45, 2.75) is 76.7 Å². The first-order valence-electron chi connectivity index (χ1n) is 11.5. The third-order valence-electron chi connectivity index (χ3n) is 7.37. The van der Waals surface area contributed by atoms with Gasteiger partial charge in [-0.05, 0) is 75.2 Å². The molecule has 2 aliphatic heterocycles. The van der Waals surface area contributed by atoms with Crippen LogP contribution in [0.1, 0.15) is 76.2 Å². The fourth-order valence-electron chi connectivity index (χ4n) is 5.23. The monoisotopic (exact) mass is 397 g/mol. The molecule has 1 saturated carbocycles. The molecule has 1 atom stereocenters. The number of nitrogens with two attached hydrogens (primary N) is 1. The lowest BCUT2D eigenvalue weighted by Crippen LogP contribution is -2.52. The number of benzene rings is 1. The number of likely N-dealkylation sites (tertiary alicyclic amines) is 1. The lowest BCUT2D eigenvalue weighted by molar-refractivity contribution is -0.130. The first-order valence-corrected chi connectivity index (χ1v) is 11.5. The molecule has 158 valence electrons. The number of anilines is 1. The van der Waals surface area contributed by atoms with Crippen LogP contribution in [0, 0.1) is 5.41 Å². The predicted molar refractivity (Wildman–Crippen MR) is 116 cm³/mol. The van der Waals surface area contributed by atoms with Crippen LogP contribution in [0.25, 0.3) is 0 Å². The maximum absolute atomic E-state index is 13.4. The van der Waals surface area contributed by atoms with Gasteiger partial charge in [0.05, 0.1) is 11.5 Å². The zero-order valence-electron chi connectivity index (χ0n) is 17.7. The average Bonchev–Trinajstić information content (AvgIpc) is 3.53. The van der Waals surface area contributed by atoms with Crippen LogP contribution in [-0.4, -0.2) is 42.4 Å². The van der Waals surface area contributed by atoms with Gasteiger partial charge in [-0.3, -0.25) is 14.5 Å². The van der Waals surface area contributed by atoms with Crippen molar-refractivity contribution in [3.05, 3.63) is 29.8 Å². The van der Waals surface area contributed by atoms with Gasteiger partial charge >= 0.3 is 0 Å². The summed E-state index contributed by atoms with van der Waals surface area (Å²) >= 11 is 0. The fourth-order valence-corrected chi connectivity index (χ4v) is 5.23. The molecule has 4 rings (SSSR count). The Balaban J connectivity index is 1.37. The Morgan fingerprint density at radius 1 is 1.10 bits per heavy atom. The summed E-state index contributed by atoms with van der Waals surface area (Å²) in [6.45, 7) is 4.55. The van der Waals surface area contributed by atoms with Gasteiger partial charge in [0.15, 0.2) is 0 Å². The quantitative estimate of drug-likeness (QED) is 0.678. The Labute approximate surface area is 174 Å². The van der Waals surface area contributed by atoms with Gasteiger partial charge in [-0.25, -0.2) is 0 Å². The molecule has 1 aromatic carbocycles. The van der Waals surface area contributed by atoms with E-state index in [1.165, 1.54) is 18.4 Å². The third kappa shape index (κ3) is 4.20. The summed E-state index contributed by atoms with van der Waals surface area (Å²) in [6.07, 6.45) is 9.33. The maximum atomic E-state index is 13.4. The van der Waals surface area contributed by atoms with E-state index >= 15 is 0 Å². The molecule has 1 aromatic rings. The summed E-state index contributed by atoms with van der Waals surface area (Å²) in [5.41, 5.74) is 7.89. The molecule has 2 N–H and O–H groups in total. The summed E-state index contributed by atoms with van der Waals surface area (Å²) in [6, 6.07) is 8.46. The number of nitrogens with zero attached hydrogens (tertiary/aromatic N) is 2. The van der Waals surface area contributed by atoms with Gasteiger partial charge in [0.1, 0.15) is 0 Å². The molecule has 2 heterocycles. The van der Waals surface area contributed by atoms with E-state index in [2.05, 4.69) is 36.1 Å². The van der Waals surface area contributed by atoms with Gasteiger partial charge in [0, 0.05) is 12.2 Å². The Kier molecular flexibility index (Phi) is 5.95. The number of carbonyl (C=O) groups excluding carboxylic acids is 2. The third-order valence-corrected chi connectivity index (χ3v) is 7.37. The number of hydrogen-bond acceptors (Lipinski definition) is 3. The number of carbonyl (C=O) groups is 2. The summed E-state index contributed by atoms with van der Waals surface area (Å²) in [7, 11) is 0. The van der Waals surface area contributed by atoms with Gasteiger partial charge in [0.25, 0.3) is 0 Å². The van der Waals surface area contributed by atoms with Crippen LogP contribution in [0.2, 0.25) is 0 Å². The summed E-state index contributed by atoms with van der Waals surface area (Å²) < 4.78 is 0. The molecule has 1 spiro atoms. The zero-order chi connectivity index (χ0) is 20.4. The van der Waals surface area contributed by atoms with E-state index in [1.54, 1.807) is 0 Å². The maximum Gasteiger partial charge on any atom is 0.234 e. The van der Waals surface area contributed by atoms with Crippen LogP contribution in [0.15, 0.2) is 24.3 Å². The van der Waals surface area contributed by atoms with Crippen molar-refractivity contribution in [3.8, 4) is 0 Å². The molecule has 5 nitrogen and oxygen atoms in total. The summed E-state index contributed by atoms with van der Waals surface area (Å²) in [4.78, 5) is 29.6. The Morgan fingerprint density at radius 3 is 2.34 bits per heavy atom. The number of amides is 2. The van der Waals surface area contributed by atoms with Crippen LogP contribution in [0.4, 0.5) is 5.69 Å². The molecule has 0 bridgehead atoms. The minimum atomic E-state index is -0.253. The van der Waals surface area contributed by atoms with E-state index in [1.807, 2.05) is 4.90 Å². The molecular formula is C24H35N3O2. The number of piperidine rings is 1. The molecule has 5 heteroatoms. The highest BCUT2D eigenvalue weighted by Crippen LogP contribution is 2.44. The summed E-state index contributed by atoms with van der Waals surface area (Å²) in [5, 5.41) is 0. The van der Waals surface area contributed by atoms with Crippen molar-refractivity contribution in [2.75, 3.05) is 24.5 Å². The highest BCUT2D eigenvalue weighted by atomic mass is 16.2. The van der Waals surface area contributed by atoms with Gasteiger partial charge in [0.2, 0.25) is 11.8 Å². The molecule has 29 heavy (non-hydrogen) atoms. The van der Waals surface area contributed by atoms with E-state index in [-0.39, 0.29) is 23.3 Å². The van der Waals surface area contributed by atoms with Crippen molar-refractivity contribution in [2.24, 2.45) is 11.1 Å². The second-order valence-electron chi connectivity index (χ2n) is 9.30. The predicted octanol–water partition coefficient (Wildman–Crippen LogP) is 3.82. The lowest BCUT2D eigenvalue weighted by Gasteiger charge is -2.40. The molecule has 0 aromatic heterocycles. The molecule has 2 saturated heterocycles. The normalized spacial score (nSPS) is 22.9. The van der Waals surface area contributed by atoms with E-state index in [0.717, 1.165) is 76.2 Å². The molecule has 3 fully saturated rings. The zero-order valence-corrected chi connectivity index (χ0v) is 17.7. The molecule has 1 unspecified atom stereocenters. The van der Waals surface area contributed by atoms with Gasteiger partial charge in [-0.1, -0.05) is 38.3 Å². The largest absolute Gasteiger partial charge is 0.368 e. The number of hydrogen-bond donors (Lipinski definition) is 1. The van der Waals surface area contributed by atoms with Crippen molar-refractivity contribution >= 4 is 17.5 Å². The Bertz CT molecular complexity index is 733. The van der Waals surface area contributed by atoms with E-state index in [0.29, 0.717) is 0 Å². The summed E-state index contributed by atoms with van der Waals surface area (Å²) in [5.74, 6) is 0.801. The van der Waals surface area contributed by atoms with Crippen LogP contribution in [-0.2, 0) is 9.59 Å². The van der Waals surface area contributed by atoms with Crippen molar-refractivity contribution < 1.29 is 9.59 Å². The first-order chi connectivity index (χ1) is 14.0. The second kappa shape index (κ2) is 8.47. The molecule has 3 aliphatic rings. The highest BCUT2D eigenvalue weighted by Gasteiger charge is 2.49. The number of primary amides is 1. The topological polar surface area (TPSA) is 66.6 Å². The second-order valence-corrected chi connectivity index (χ2v) is 9.30. The SMILES string of the molecule is CCCCCC(C(N)=O)N1CCC2(CCN(c3ccc(C4CC4)cc3)C2=O)CC1. The molecule has 1 aliphatic carbocycles. The van der Waals surface area contributed by atoms with Gasteiger partial charge < -0.3 is 10.6 Å². The molecular weight excluding hydrogens is 362 g/mol. The minimum absolute atomic E-state index is 0.179. The Morgan fingerprint density at radius 2 is 1.76 bits per heavy atom.